The highest BCUT2D eigenvalue weighted by molar-refractivity contribution is 5.62. The van der Waals surface area contributed by atoms with E-state index in [2.05, 4.69) is 11.3 Å². The average molecular weight is 363 g/mol. The van der Waals surface area contributed by atoms with Crippen LogP contribution in [0.2, 0.25) is 0 Å². The molecular formula is C19H15F4N2O. The molecule has 0 amide bonds. The highest BCUT2D eigenvalue weighted by atomic mass is 19.4. The smallest absolute Gasteiger partial charge is 0.364 e. The molecule has 0 N–H and O–H groups in total. The van der Waals surface area contributed by atoms with Crippen LogP contribution in [-0.4, -0.2) is 22.1 Å². The van der Waals surface area contributed by atoms with Crippen molar-refractivity contribution < 1.29 is 22.3 Å². The van der Waals surface area contributed by atoms with Crippen LogP contribution in [0.3, 0.4) is 0 Å². The molecular weight excluding hydrogens is 348 g/mol. The lowest BCUT2D eigenvalue weighted by Gasteiger charge is -2.16. The van der Waals surface area contributed by atoms with Gasteiger partial charge in [-0.25, -0.2) is 9.07 Å². The second kappa shape index (κ2) is 7.29. The number of nitrogens with zero attached hydrogens (tertiary/aromatic N) is 2. The average Bonchev–Trinajstić information content (AvgIpc) is 3.09. The second-order valence-corrected chi connectivity index (χ2v) is 5.74. The maximum Gasteiger partial charge on any atom is 0.414 e. The Morgan fingerprint density at radius 1 is 1.15 bits per heavy atom. The summed E-state index contributed by atoms with van der Waals surface area (Å²) in [5, 5.41) is 4.12. The van der Waals surface area contributed by atoms with E-state index >= 15 is 0 Å². The minimum Gasteiger partial charge on any atom is -0.364 e. The van der Waals surface area contributed by atoms with Crippen molar-refractivity contribution in [2.75, 3.05) is 0 Å². The van der Waals surface area contributed by atoms with Crippen molar-refractivity contribution in [1.82, 2.24) is 9.78 Å². The quantitative estimate of drug-likeness (QED) is 0.600. The minimum atomic E-state index is -4.40. The molecule has 0 spiro atoms. The predicted molar refractivity (Wildman–Crippen MR) is 88.1 cm³/mol. The van der Waals surface area contributed by atoms with E-state index in [1.807, 2.05) is 6.07 Å². The summed E-state index contributed by atoms with van der Waals surface area (Å²) in [6, 6.07) is 14.4. The first-order valence-corrected chi connectivity index (χ1v) is 7.84. The molecule has 0 saturated carbocycles. The van der Waals surface area contributed by atoms with Crippen molar-refractivity contribution in [2.24, 2.45) is 0 Å². The van der Waals surface area contributed by atoms with Crippen LogP contribution in [0.5, 0.6) is 0 Å². The van der Waals surface area contributed by atoms with Crippen molar-refractivity contribution >= 4 is 0 Å². The van der Waals surface area contributed by atoms with Gasteiger partial charge in [0.2, 0.25) is 0 Å². The monoisotopic (exact) mass is 363 g/mol. The van der Waals surface area contributed by atoms with Gasteiger partial charge in [-0.2, -0.15) is 18.3 Å². The van der Waals surface area contributed by atoms with E-state index in [1.165, 1.54) is 12.1 Å². The second-order valence-electron chi connectivity index (χ2n) is 5.74. The maximum atomic E-state index is 13.1. The predicted octanol–water partition coefficient (Wildman–Crippen LogP) is 4.95. The van der Waals surface area contributed by atoms with Gasteiger partial charge in [0.15, 0.2) is 6.10 Å². The summed E-state index contributed by atoms with van der Waals surface area (Å²) < 4.78 is 57.3. The highest BCUT2D eigenvalue weighted by Gasteiger charge is 2.36. The summed E-state index contributed by atoms with van der Waals surface area (Å²) in [4.78, 5) is 0. The minimum absolute atomic E-state index is 0.164. The molecule has 3 nitrogen and oxygen atoms in total. The molecule has 1 radical (unpaired) electrons. The zero-order chi connectivity index (χ0) is 18.7. The molecule has 0 bridgehead atoms. The summed E-state index contributed by atoms with van der Waals surface area (Å²) in [5.41, 5.74) is 2.67. The van der Waals surface area contributed by atoms with Gasteiger partial charge >= 0.3 is 6.18 Å². The lowest BCUT2D eigenvalue weighted by atomic mass is 10.1. The first-order valence-electron chi connectivity index (χ1n) is 7.84. The van der Waals surface area contributed by atoms with E-state index in [-0.39, 0.29) is 12.4 Å². The van der Waals surface area contributed by atoms with Gasteiger partial charge in [-0.15, -0.1) is 0 Å². The van der Waals surface area contributed by atoms with Crippen LogP contribution in [0.25, 0.3) is 16.9 Å². The molecule has 1 heterocycles. The number of aromatic nitrogens is 2. The summed E-state index contributed by atoms with van der Waals surface area (Å²) in [7, 11) is 0. The van der Waals surface area contributed by atoms with E-state index in [1.54, 1.807) is 41.1 Å². The molecule has 0 fully saturated rings. The number of ether oxygens (including phenoxy) is 1. The van der Waals surface area contributed by atoms with Crippen LogP contribution in [-0.2, 0) is 11.3 Å². The van der Waals surface area contributed by atoms with Crippen LogP contribution in [0, 0.1) is 12.0 Å². The Morgan fingerprint density at radius 2 is 1.88 bits per heavy atom. The standard InChI is InChI=1S/C19H15F4N2O/c1-13(19(21,22)23)26-12-14-3-2-4-15(11-14)18-9-10-24-25(18)17-7-5-16(20)6-8-17/h2-9,11,13H,12H2,1H3/t13-/m1/s1. The third-order valence-corrected chi connectivity index (χ3v) is 3.84. The van der Waals surface area contributed by atoms with Gasteiger partial charge in [-0.1, -0.05) is 18.2 Å². The lowest BCUT2D eigenvalue weighted by molar-refractivity contribution is -0.217. The molecule has 0 aliphatic carbocycles. The fraction of sp³-hybridized carbons (Fsp3) is 0.211. The lowest BCUT2D eigenvalue weighted by Crippen LogP contribution is -2.28. The molecule has 3 aromatic rings. The molecule has 7 heteroatoms. The van der Waals surface area contributed by atoms with Gasteiger partial charge in [0.05, 0.1) is 18.0 Å². The third kappa shape index (κ3) is 4.11. The van der Waals surface area contributed by atoms with Gasteiger partial charge in [-0.05, 0) is 48.9 Å². The van der Waals surface area contributed by atoms with Gasteiger partial charge in [0, 0.05) is 5.56 Å². The molecule has 26 heavy (non-hydrogen) atoms. The van der Waals surface area contributed by atoms with Crippen molar-refractivity contribution in [2.45, 2.75) is 25.8 Å². The highest BCUT2D eigenvalue weighted by Crippen LogP contribution is 2.26. The van der Waals surface area contributed by atoms with E-state index in [0.717, 1.165) is 12.5 Å². The Kier molecular flexibility index (Phi) is 5.08. The number of halogens is 4. The molecule has 0 unspecified atom stereocenters. The number of rotatable bonds is 5. The molecule has 3 rings (SSSR count). The molecule has 1 atom stereocenters. The Labute approximate surface area is 147 Å². The van der Waals surface area contributed by atoms with E-state index in [4.69, 9.17) is 4.74 Å². The van der Waals surface area contributed by atoms with E-state index in [9.17, 15) is 17.6 Å². The first-order chi connectivity index (χ1) is 12.3. The van der Waals surface area contributed by atoms with Crippen LogP contribution < -0.4 is 0 Å². The number of alkyl halides is 3. The van der Waals surface area contributed by atoms with Crippen molar-refractivity contribution in [1.29, 1.82) is 0 Å². The number of hydrogen-bond acceptors (Lipinski definition) is 2. The fourth-order valence-electron chi connectivity index (χ4n) is 2.38. The van der Waals surface area contributed by atoms with Gasteiger partial charge in [0.25, 0.3) is 0 Å². The Morgan fingerprint density at radius 3 is 2.58 bits per heavy atom. The third-order valence-electron chi connectivity index (χ3n) is 3.84. The summed E-state index contributed by atoms with van der Waals surface area (Å²) in [6.07, 6.45) is -3.50. The molecule has 0 saturated heterocycles. The largest absolute Gasteiger partial charge is 0.414 e. The Balaban J connectivity index is 1.83. The topological polar surface area (TPSA) is 27.1 Å². The summed E-state index contributed by atoms with van der Waals surface area (Å²) in [5.74, 6) is -0.357. The zero-order valence-electron chi connectivity index (χ0n) is 13.8. The van der Waals surface area contributed by atoms with Crippen LogP contribution in [0.15, 0.2) is 54.6 Å². The van der Waals surface area contributed by atoms with E-state index < -0.39 is 12.3 Å². The normalized spacial score (nSPS) is 13.0. The van der Waals surface area contributed by atoms with Crippen molar-refractivity contribution in [3.8, 4) is 16.9 Å². The van der Waals surface area contributed by atoms with Gasteiger partial charge in [-0.3, -0.25) is 0 Å². The van der Waals surface area contributed by atoms with Crippen molar-refractivity contribution in [3.63, 3.8) is 0 Å². The van der Waals surface area contributed by atoms with E-state index in [0.29, 0.717) is 16.9 Å². The Bertz CT molecular complexity index is 872. The molecule has 1 aromatic heterocycles. The van der Waals surface area contributed by atoms with Crippen LogP contribution >= 0.6 is 0 Å². The summed E-state index contributed by atoms with van der Waals surface area (Å²) >= 11 is 0. The Hall–Kier alpha value is -2.67. The maximum absolute atomic E-state index is 13.1. The van der Waals surface area contributed by atoms with Gasteiger partial charge < -0.3 is 4.74 Å². The molecule has 2 aromatic carbocycles. The number of benzene rings is 2. The van der Waals surface area contributed by atoms with Crippen molar-refractivity contribution in [3.05, 3.63) is 72.2 Å². The number of hydrogen-bond donors (Lipinski definition) is 0. The van der Waals surface area contributed by atoms with Crippen LogP contribution in [0.1, 0.15) is 12.5 Å². The van der Waals surface area contributed by atoms with Crippen LogP contribution in [0.4, 0.5) is 17.6 Å². The molecule has 0 aliphatic rings. The first kappa shape index (κ1) is 18.1. The SMILES string of the molecule is C[C@@H](OCc1cccc(-c2c[c]nn2-c2ccc(F)cc2)c1)C(F)(F)F. The fourth-order valence-corrected chi connectivity index (χ4v) is 2.38. The molecule has 135 valence electrons. The van der Waals surface area contributed by atoms with Gasteiger partial charge in [0.1, 0.15) is 12.0 Å². The zero-order valence-corrected chi connectivity index (χ0v) is 13.8. The molecule has 0 aliphatic heterocycles. The summed E-state index contributed by atoms with van der Waals surface area (Å²) in [6.45, 7) is 0.811.